The Morgan fingerprint density at radius 2 is 2.43 bits per heavy atom. The first kappa shape index (κ1) is 5.03. The lowest BCUT2D eigenvalue weighted by Crippen LogP contribution is -2.22. The number of nitrogens with two attached hydrogens (primary N) is 1. The number of hydrogen-bond donors (Lipinski definition) is 1. The molecule has 0 spiro atoms. The van der Waals surface area contributed by atoms with Crippen molar-refractivity contribution < 1.29 is 0 Å². The van der Waals surface area contributed by atoms with Gasteiger partial charge in [-0.25, -0.2) is 0 Å². The van der Waals surface area contributed by atoms with Crippen LogP contribution in [0, 0.1) is 5.21 Å². The molecule has 0 aromatic carbocycles. The minimum Gasteiger partial charge on any atom is -0.785 e. The van der Waals surface area contributed by atoms with Gasteiger partial charge in [-0.2, -0.15) is 0 Å². The van der Waals surface area contributed by atoms with Gasteiger partial charge in [0.15, 0.2) is 0 Å². The molecule has 0 aromatic heterocycles. The van der Waals surface area contributed by atoms with Gasteiger partial charge in [0.25, 0.3) is 0 Å². The molecule has 42 valence electrons. The van der Waals surface area contributed by atoms with Crippen molar-refractivity contribution in [3.8, 4) is 0 Å². The van der Waals surface area contributed by atoms with Crippen LogP contribution in [0.3, 0.4) is 0 Å². The zero-order valence-electron chi connectivity index (χ0n) is 4.13. The normalized spacial score (nSPS) is 34.3. The van der Waals surface area contributed by atoms with E-state index in [1.54, 1.807) is 0 Å². The Kier molecular flexibility index (Phi) is 1.27. The molecule has 0 aliphatic carbocycles. The Morgan fingerprint density at radius 3 is 2.57 bits per heavy atom. The number of nitrogens with zero attached hydrogens (tertiary/aromatic N) is 1. The monoisotopic (exact) mass is 101 g/mol. The van der Waals surface area contributed by atoms with Crippen LogP contribution in [0.25, 0.3) is 0 Å². The third-order valence-electron chi connectivity index (χ3n) is 1.19. The first-order valence-corrected chi connectivity index (χ1v) is 2.46. The van der Waals surface area contributed by atoms with Crippen LogP contribution in [0.4, 0.5) is 0 Å². The third-order valence-corrected chi connectivity index (χ3v) is 1.19. The highest BCUT2D eigenvalue weighted by Gasteiger charge is 2.09. The van der Waals surface area contributed by atoms with Crippen molar-refractivity contribution in [3.05, 3.63) is 5.21 Å². The zero-order valence-corrected chi connectivity index (χ0v) is 4.13. The Morgan fingerprint density at radius 1 is 1.71 bits per heavy atom. The summed E-state index contributed by atoms with van der Waals surface area (Å²) in [6, 6.07) is 0.137. The van der Waals surface area contributed by atoms with Crippen LogP contribution in [0.1, 0.15) is 6.42 Å². The maximum Gasteiger partial charge on any atom is 0.0170 e. The van der Waals surface area contributed by atoms with Crippen molar-refractivity contribution in [2.45, 2.75) is 12.5 Å². The molecule has 7 heavy (non-hydrogen) atoms. The van der Waals surface area contributed by atoms with Crippen LogP contribution in [0.15, 0.2) is 0 Å². The van der Waals surface area contributed by atoms with Gasteiger partial charge < -0.3 is 16.0 Å². The predicted octanol–water partition coefficient (Wildman–Crippen LogP) is -0.483. The summed E-state index contributed by atoms with van der Waals surface area (Å²) >= 11 is 0. The van der Waals surface area contributed by atoms with Gasteiger partial charge in [-0.15, -0.1) is 0 Å². The van der Waals surface area contributed by atoms with Gasteiger partial charge in [0, 0.05) is 12.6 Å². The van der Waals surface area contributed by atoms with E-state index in [-0.39, 0.29) is 6.04 Å². The summed E-state index contributed by atoms with van der Waals surface area (Å²) in [5.74, 6) is 0. The smallest absolute Gasteiger partial charge is 0.0170 e. The summed E-state index contributed by atoms with van der Waals surface area (Å²) < 4.78 is 0. The van der Waals surface area contributed by atoms with Gasteiger partial charge in [-0.3, -0.25) is 0 Å². The summed E-state index contributed by atoms with van der Waals surface area (Å²) in [6.07, 6.45) is 0.865. The lowest BCUT2D eigenvalue weighted by molar-refractivity contribution is 0.463. The van der Waals surface area contributed by atoms with Crippen LogP contribution in [0.5, 0.6) is 0 Å². The summed E-state index contributed by atoms with van der Waals surface area (Å²) in [6.45, 7) is 1.15. The highest BCUT2D eigenvalue weighted by atomic mass is 16.5. The Hall–Kier alpha value is -0.120. The lowest BCUT2D eigenvalue weighted by atomic mass is 10.3. The molecule has 1 fully saturated rings. The van der Waals surface area contributed by atoms with Gasteiger partial charge in [0.2, 0.25) is 0 Å². The van der Waals surface area contributed by atoms with E-state index >= 15 is 0 Å². The molecule has 0 bridgehead atoms. The van der Waals surface area contributed by atoms with Crippen LogP contribution >= 0.6 is 0 Å². The second-order valence-electron chi connectivity index (χ2n) is 1.94. The highest BCUT2D eigenvalue weighted by Crippen LogP contribution is 2.02. The molecule has 1 rings (SSSR count). The molecule has 0 amide bonds. The van der Waals surface area contributed by atoms with Gasteiger partial charge in [-0.1, -0.05) is 0 Å². The Labute approximate surface area is 42.7 Å². The average Bonchev–Trinajstić information content (AvgIpc) is 1.87. The minimum absolute atomic E-state index is 0.137. The van der Waals surface area contributed by atoms with Gasteiger partial charge in [0.05, 0.1) is 0 Å². The van der Waals surface area contributed by atoms with E-state index in [1.165, 1.54) is 0 Å². The summed E-state index contributed by atoms with van der Waals surface area (Å²) in [4.78, 5) is 0. The topological polar surface area (TPSA) is 52.3 Å². The van der Waals surface area contributed by atoms with Gasteiger partial charge >= 0.3 is 0 Å². The molecule has 1 heterocycles. The molecular formula is C4H9N2O-. The van der Waals surface area contributed by atoms with E-state index in [0.717, 1.165) is 11.5 Å². The van der Waals surface area contributed by atoms with E-state index in [9.17, 15) is 5.21 Å². The van der Waals surface area contributed by atoms with Crippen molar-refractivity contribution in [3.63, 3.8) is 0 Å². The first-order chi connectivity index (χ1) is 3.29. The van der Waals surface area contributed by atoms with Crippen LogP contribution in [0.2, 0.25) is 0 Å². The highest BCUT2D eigenvalue weighted by molar-refractivity contribution is 4.77. The molecule has 0 aromatic rings. The van der Waals surface area contributed by atoms with E-state index in [1.807, 2.05) is 0 Å². The molecule has 0 radical (unpaired) electrons. The van der Waals surface area contributed by atoms with Gasteiger partial charge in [-0.05, 0) is 13.0 Å². The minimum atomic E-state index is 0.137. The lowest BCUT2D eigenvalue weighted by Gasteiger charge is -2.19. The summed E-state index contributed by atoms with van der Waals surface area (Å²) in [5.41, 5.74) is 5.38. The van der Waals surface area contributed by atoms with Crippen LogP contribution in [-0.4, -0.2) is 24.2 Å². The molecule has 1 unspecified atom stereocenters. The molecule has 1 atom stereocenters. The molecule has 3 nitrogen and oxygen atoms in total. The molecule has 1 aliphatic rings. The fourth-order valence-electron chi connectivity index (χ4n) is 0.754. The van der Waals surface area contributed by atoms with E-state index in [4.69, 9.17) is 5.73 Å². The maximum atomic E-state index is 10.3. The zero-order chi connectivity index (χ0) is 5.28. The number of hydroxylamine groups is 2. The molecule has 1 aliphatic heterocycles. The Balaban J connectivity index is 2.26. The standard InChI is InChI=1S/C4H9N2O/c5-4-1-2-6(7)3-4/h4H,1-3,5H2/q-1. The van der Waals surface area contributed by atoms with Crippen molar-refractivity contribution in [2.75, 3.05) is 13.1 Å². The number of hydrogen-bond acceptors (Lipinski definition) is 3. The molecule has 0 saturated carbocycles. The second-order valence-corrected chi connectivity index (χ2v) is 1.94. The predicted molar refractivity (Wildman–Crippen MR) is 27.5 cm³/mol. The summed E-state index contributed by atoms with van der Waals surface area (Å²) in [7, 11) is 0. The third kappa shape index (κ3) is 1.12. The SMILES string of the molecule is NC1CCN([O-])C1. The Bertz CT molecular complexity index is 58.7. The second kappa shape index (κ2) is 1.78. The molecule has 3 heteroatoms. The van der Waals surface area contributed by atoms with E-state index < -0.39 is 0 Å². The average molecular weight is 101 g/mol. The maximum absolute atomic E-state index is 10.3. The quantitative estimate of drug-likeness (QED) is 0.448. The fourth-order valence-corrected chi connectivity index (χ4v) is 0.754. The van der Waals surface area contributed by atoms with Crippen molar-refractivity contribution >= 4 is 0 Å². The van der Waals surface area contributed by atoms with Crippen molar-refractivity contribution in [1.29, 1.82) is 0 Å². The fraction of sp³-hybridized carbons (Fsp3) is 1.00. The molecular weight excluding hydrogens is 92.1 g/mol. The van der Waals surface area contributed by atoms with E-state index in [2.05, 4.69) is 0 Å². The van der Waals surface area contributed by atoms with E-state index in [0.29, 0.717) is 13.1 Å². The number of rotatable bonds is 0. The van der Waals surface area contributed by atoms with Crippen molar-refractivity contribution in [2.24, 2.45) is 5.73 Å². The van der Waals surface area contributed by atoms with Crippen LogP contribution in [-0.2, 0) is 0 Å². The first-order valence-electron chi connectivity index (χ1n) is 2.46. The largest absolute Gasteiger partial charge is 0.785 e. The van der Waals surface area contributed by atoms with Gasteiger partial charge in [0.1, 0.15) is 0 Å². The summed E-state index contributed by atoms with van der Waals surface area (Å²) in [5, 5.41) is 11.3. The molecule has 2 N–H and O–H groups in total. The molecule has 1 saturated heterocycles. The van der Waals surface area contributed by atoms with Crippen LogP contribution < -0.4 is 5.73 Å². The van der Waals surface area contributed by atoms with Crippen molar-refractivity contribution in [1.82, 2.24) is 5.06 Å².